The first-order valence-corrected chi connectivity index (χ1v) is 6.07. The molecule has 2 nitrogen and oxygen atoms in total. The Bertz CT molecular complexity index is 490. The summed E-state index contributed by atoms with van der Waals surface area (Å²) < 4.78 is 0. The molecule has 17 heavy (non-hydrogen) atoms. The molecular weight excluding hydrogens is 210 g/mol. The molecule has 0 amide bonds. The van der Waals surface area contributed by atoms with Crippen LogP contribution < -0.4 is 5.32 Å². The number of aliphatic hydroxyl groups is 1. The number of aliphatic hydroxyl groups excluding tert-OH is 1. The molecule has 0 spiro atoms. The Morgan fingerprint density at radius 2 is 1.76 bits per heavy atom. The molecule has 2 aromatic rings. The van der Waals surface area contributed by atoms with Crippen molar-refractivity contribution in [2.75, 3.05) is 6.61 Å². The van der Waals surface area contributed by atoms with Crippen molar-refractivity contribution in [2.45, 2.75) is 25.9 Å². The molecule has 0 bridgehead atoms. The molecule has 2 aromatic carbocycles. The Kier molecular flexibility index (Phi) is 3.77. The molecule has 90 valence electrons. The van der Waals surface area contributed by atoms with E-state index in [0.29, 0.717) is 0 Å². The smallest absolute Gasteiger partial charge is 0.0582 e. The van der Waals surface area contributed by atoms with Crippen molar-refractivity contribution in [3.05, 3.63) is 48.0 Å². The molecule has 2 heteroatoms. The Balaban J connectivity index is 2.34. The summed E-state index contributed by atoms with van der Waals surface area (Å²) in [7, 11) is 0. The molecule has 0 radical (unpaired) electrons. The van der Waals surface area contributed by atoms with Crippen LogP contribution in [0.2, 0.25) is 0 Å². The summed E-state index contributed by atoms with van der Waals surface area (Å²) in [6.45, 7) is 4.28. The maximum atomic E-state index is 9.08. The third-order valence-electron chi connectivity index (χ3n) is 3.10. The van der Waals surface area contributed by atoms with Crippen molar-refractivity contribution < 1.29 is 5.11 Å². The maximum Gasteiger partial charge on any atom is 0.0582 e. The van der Waals surface area contributed by atoms with E-state index in [2.05, 4.69) is 54.7 Å². The lowest BCUT2D eigenvalue weighted by Gasteiger charge is -2.20. The monoisotopic (exact) mass is 229 g/mol. The molecule has 0 unspecified atom stereocenters. The third-order valence-corrected chi connectivity index (χ3v) is 3.10. The highest BCUT2D eigenvalue weighted by Crippen LogP contribution is 2.24. The zero-order valence-electron chi connectivity index (χ0n) is 10.4. The number of hydrogen-bond acceptors (Lipinski definition) is 2. The number of hydrogen-bond donors (Lipinski definition) is 2. The van der Waals surface area contributed by atoms with Gasteiger partial charge in [0.1, 0.15) is 0 Å². The van der Waals surface area contributed by atoms with Crippen molar-refractivity contribution in [2.24, 2.45) is 0 Å². The highest BCUT2D eigenvalue weighted by molar-refractivity contribution is 5.86. The van der Waals surface area contributed by atoms with Gasteiger partial charge in [-0.3, -0.25) is 0 Å². The van der Waals surface area contributed by atoms with Gasteiger partial charge in [0, 0.05) is 12.1 Å². The highest BCUT2D eigenvalue weighted by atomic mass is 16.3. The minimum absolute atomic E-state index is 0.115. The lowest BCUT2D eigenvalue weighted by Crippen LogP contribution is -2.31. The first kappa shape index (κ1) is 12.1. The van der Waals surface area contributed by atoms with E-state index in [1.54, 1.807) is 0 Å². The van der Waals surface area contributed by atoms with Crippen LogP contribution in [0.1, 0.15) is 25.5 Å². The van der Waals surface area contributed by atoms with Gasteiger partial charge in [0.2, 0.25) is 0 Å². The van der Waals surface area contributed by atoms with E-state index in [1.807, 2.05) is 6.92 Å². The molecule has 0 heterocycles. The van der Waals surface area contributed by atoms with E-state index < -0.39 is 0 Å². The standard InChI is InChI=1S/C15H19NO/c1-11(10-17)16-12(2)14-9-5-7-13-6-3-4-8-15(13)14/h3-9,11-12,16-17H,10H2,1-2H3/t11-,12-/m1/s1. The van der Waals surface area contributed by atoms with Gasteiger partial charge in [-0.15, -0.1) is 0 Å². The fourth-order valence-electron chi connectivity index (χ4n) is 2.20. The summed E-state index contributed by atoms with van der Waals surface area (Å²) in [5, 5.41) is 15.0. The van der Waals surface area contributed by atoms with Gasteiger partial charge in [-0.1, -0.05) is 42.5 Å². The van der Waals surface area contributed by atoms with Gasteiger partial charge in [0.05, 0.1) is 6.61 Å². The van der Waals surface area contributed by atoms with E-state index in [0.717, 1.165) is 0 Å². The highest BCUT2D eigenvalue weighted by Gasteiger charge is 2.10. The number of nitrogens with one attached hydrogen (secondary N) is 1. The predicted octanol–water partition coefficient (Wildman–Crippen LogP) is 2.87. The molecule has 2 N–H and O–H groups in total. The summed E-state index contributed by atoms with van der Waals surface area (Å²) >= 11 is 0. The summed E-state index contributed by atoms with van der Waals surface area (Å²) in [4.78, 5) is 0. The van der Waals surface area contributed by atoms with Gasteiger partial charge in [-0.05, 0) is 30.2 Å². The Hall–Kier alpha value is -1.38. The van der Waals surface area contributed by atoms with Gasteiger partial charge >= 0.3 is 0 Å². The molecule has 2 atom stereocenters. The summed E-state index contributed by atoms with van der Waals surface area (Å²) in [5.41, 5.74) is 1.28. The lowest BCUT2D eigenvalue weighted by atomic mass is 9.99. The second kappa shape index (κ2) is 5.30. The van der Waals surface area contributed by atoms with Crippen LogP contribution in [0.3, 0.4) is 0 Å². The lowest BCUT2D eigenvalue weighted by molar-refractivity contribution is 0.243. The second-order valence-electron chi connectivity index (χ2n) is 4.54. The van der Waals surface area contributed by atoms with E-state index >= 15 is 0 Å². The quantitative estimate of drug-likeness (QED) is 0.845. The van der Waals surface area contributed by atoms with Crippen molar-refractivity contribution >= 4 is 10.8 Å². The van der Waals surface area contributed by atoms with Crippen LogP contribution in [-0.4, -0.2) is 17.8 Å². The summed E-state index contributed by atoms with van der Waals surface area (Å²) in [6.07, 6.45) is 0. The maximum absolute atomic E-state index is 9.08. The fraction of sp³-hybridized carbons (Fsp3) is 0.333. The summed E-state index contributed by atoms with van der Waals surface area (Å²) in [5.74, 6) is 0. The zero-order valence-corrected chi connectivity index (χ0v) is 10.4. The number of benzene rings is 2. The van der Waals surface area contributed by atoms with E-state index in [9.17, 15) is 0 Å². The average molecular weight is 229 g/mol. The molecule has 0 fully saturated rings. The van der Waals surface area contributed by atoms with Gasteiger partial charge in [-0.25, -0.2) is 0 Å². The molecule has 0 aliphatic carbocycles. The van der Waals surface area contributed by atoms with Crippen molar-refractivity contribution in [1.82, 2.24) is 5.32 Å². The van der Waals surface area contributed by atoms with E-state index in [4.69, 9.17) is 5.11 Å². The first-order valence-electron chi connectivity index (χ1n) is 6.07. The van der Waals surface area contributed by atoms with E-state index in [1.165, 1.54) is 16.3 Å². The van der Waals surface area contributed by atoms with Crippen LogP contribution in [0, 0.1) is 0 Å². The van der Waals surface area contributed by atoms with Crippen LogP contribution in [0.25, 0.3) is 10.8 Å². The number of rotatable bonds is 4. The van der Waals surface area contributed by atoms with Crippen LogP contribution in [0.15, 0.2) is 42.5 Å². The van der Waals surface area contributed by atoms with Gasteiger partial charge in [0.25, 0.3) is 0 Å². The minimum atomic E-state index is 0.115. The van der Waals surface area contributed by atoms with Crippen molar-refractivity contribution in [3.8, 4) is 0 Å². The molecular formula is C15H19NO. The Morgan fingerprint density at radius 1 is 1.06 bits per heavy atom. The molecule has 0 saturated heterocycles. The normalized spacial score (nSPS) is 14.8. The topological polar surface area (TPSA) is 32.3 Å². The minimum Gasteiger partial charge on any atom is -0.395 e. The van der Waals surface area contributed by atoms with Gasteiger partial charge in [-0.2, -0.15) is 0 Å². The Labute approximate surface area is 102 Å². The van der Waals surface area contributed by atoms with Crippen LogP contribution >= 0.6 is 0 Å². The van der Waals surface area contributed by atoms with Crippen molar-refractivity contribution in [1.29, 1.82) is 0 Å². The van der Waals surface area contributed by atoms with Crippen LogP contribution in [-0.2, 0) is 0 Å². The SMILES string of the molecule is C[C@H](CO)N[C@H](C)c1cccc2ccccc12. The third kappa shape index (κ3) is 2.65. The summed E-state index contributed by atoms with van der Waals surface area (Å²) in [6, 6.07) is 15.1. The number of fused-ring (bicyclic) bond motifs is 1. The second-order valence-corrected chi connectivity index (χ2v) is 4.54. The zero-order chi connectivity index (χ0) is 12.3. The fourth-order valence-corrected chi connectivity index (χ4v) is 2.20. The van der Waals surface area contributed by atoms with Crippen LogP contribution in [0.5, 0.6) is 0 Å². The Morgan fingerprint density at radius 3 is 2.53 bits per heavy atom. The molecule has 0 aliphatic rings. The first-order chi connectivity index (χ1) is 8.22. The predicted molar refractivity (Wildman–Crippen MR) is 72.0 cm³/mol. The van der Waals surface area contributed by atoms with Crippen molar-refractivity contribution in [3.63, 3.8) is 0 Å². The van der Waals surface area contributed by atoms with Gasteiger partial charge in [0.15, 0.2) is 0 Å². The molecule has 0 aromatic heterocycles. The molecule has 0 saturated carbocycles. The van der Waals surface area contributed by atoms with Gasteiger partial charge < -0.3 is 10.4 Å². The van der Waals surface area contributed by atoms with E-state index in [-0.39, 0.29) is 18.7 Å². The molecule has 2 rings (SSSR count). The largest absolute Gasteiger partial charge is 0.395 e. The molecule has 0 aliphatic heterocycles. The van der Waals surface area contributed by atoms with Crippen LogP contribution in [0.4, 0.5) is 0 Å². The average Bonchev–Trinajstić information content (AvgIpc) is 2.37.